The van der Waals surface area contributed by atoms with Crippen molar-refractivity contribution in [3.05, 3.63) is 28.8 Å². The number of halogens is 1. The molecule has 1 unspecified atom stereocenters. The topological polar surface area (TPSA) is 38.0 Å². The van der Waals surface area contributed by atoms with Crippen molar-refractivity contribution >= 4 is 17.3 Å². The summed E-state index contributed by atoms with van der Waals surface area (Å²) in [5.74, 6) is 0. The Morgan fingerprint density at radius 2 is 2.21 bits per heavy atom. The lowest BCUT2D eigenvalue weighted by Gasteiger charge is -2.15. The smallest absolute Gasteiger partial charge is 0.0410 e. The van der Waals surface area contributed by atoms with E-state index in [0.29, 0.717) is 6.04 Å². The molecule has 1 aromatic rings. The molecule has 1 atom stereocenters. The molecule has 14 heavy (non-hydrogen) atoms. The van der Waals surface area contributed by atoms with Gasteiger partial charge in [-0.3, -0.25) is 0 Å². The van der Waals surface area contributed by atoms with E-state index >= 15 is 0 Å². The quantitative estimate of drug-likeness (QED) is 0.753. The van der Waals surface area contributed by atoms with Gasteiger partial charge in [-0.05, 0) is 43.7 Å². The molecule has 0 saturated carbocycles. The maximum atomic E-state index is 5.91. The predicted octanol–water partition coefficient (Wildman–Crippen LogP) is 2.46. The van der Waals surface area contributed by atoms with E-state index in [-0.39, 0.29) is 0 Å². The third kappa shape index (κ3) is 2.89. The highest BCUT2D eigenvalue weighted by atomic mass is 35.5. The molecule has 0 bridgehead atoms. The van der Waals surface area contributed by atoms with E-state index in [1.807, 2.05) is 25.2 Å². The highest BCUT2D eigenvalue weighted by Gasteiger charge is 2.07. The van der Waals surface area contributed by atoms with Gasteiger partial charge in [0.1, 0.15) is 0 Å². The number of hydrogen-bond donors (Lipinski definition) is 2. The van der Waals surface area contributed by atoms with Crippen LogP contribution in [0.3, 0.4) is 0 Å². The van der Waals surface area contributed by atoms with Crippen molar-refractivity contribution in [3.8, 4) is 0 Å². The molecule has 0 radical (unpaired) electrons. The lowest BCUT2D eigenvalue weighted by molar-refractivity contribution is 0.544. The fraction of sp³-hybridized carbons (Fsp3) is 0.455. The summed E-state index contributed by atoms with van der Waals surface area (Å²) in [6.07, 6.45) is 2.02. The molecule has 3 N–H and O–H groups in total. The summed E-state index contributed by atoms with van der Waals surface area (Å²) in [6, 6.07) is 6.09. The Labute approximate surface area is 90.4 Å². The Balaban J connectivity index is 2.79. The molecule has 0 aromatic heterocycles. The van der Waals surface area contributed by atoms with Gasteiger partial charge in [0.05, 0.1) is 0 Å². The maximum absolute atomic E-state index is 5.91. The van der Waals surface area contributed by atoms with Gasteiger partial charge in [-0.15, -0.1) is 0 Å². The van der Waals surface area contributed by atoms with Crippen LogP contribution in [0.25, 0.3) is 0 Å². The van der Waals surface area contributed by atoms with Crippen LogP contribution < -0.4 is 11.1 Å². The van der Waals surface area contributed by atoms with Crippen molar-refractivity contribution in [2.75, 3.05) is 12.8 Å². The standard InChI is InChI=1S/C11H17ClN2/c1-3-10(14-2)7-8-6-9(12)4-5-11(8)13/h4-6,10,14H,3,7,13H2,1-2H3. The first-order valence-corrected chi connectivity index (χ1v) is 5.26. The molecule has 1 rings (SSSR count). The summed E-state index contributed by atoms with van der Waals surface area (Å²) in [5, 5.41) is 4.00. The number of likely N-dealkylation sites (N-methyl/N-ethyl adjacent to an activating group) is 1. The van der Waals surface area contributed by atoms with Gasteiger partial charge < -0.3 is 11.1 Å². The number of hydrogen-bond acceptors (Lipinski definition) is 2. The van der Waals surface area contributed by atoms with Gasteiger partial charge in [-0.2, -0.15) is 0 Å². The normalized spacial score (nSPS) is 12.8. The Kier molecular flexibility index (Phi) is 4.23. The van der Waals surface area contributed by atoms with Crippen LogP contribution in [0.1, 0.15) is 18.9 Å². The molecule has 0 spiro atoms. The van der Waals surface area contributed by atoms with E-state index in [1.54, 1.807) is 0 Å². The summed E-state index contributed by atoms with van der Waals surface area (Å²) >= 11 is 5.91. The second-order valence-electron chi connectivity index (χ2n) is 3.44. The lowest BCUT2D eigenvalue weighted by Crippen LogP contribution is -2.26. The average Bonchev–Trinajstić information content (AvgIpc) is 2.19. The first-order valence-electron chi connectivity index (χ1n) is 4.88. The summed E-state index contributed by atoms with van der Waals surface area (Å²) in [7, 11) is 1.97. The molecule has 0 heterocycles. The molecule has 78 valence electrons. The first-order chi connectivity index (χ1) is 6.67. The van der Waals surface area contributed by atoms with Gasteiger partial charge in [0.2, 0.25) is 0 Å². The molecule has 0 aliphatic heterocycles. The zero-order chi connectivity index (χ0) is 10.6. The van der Waals surface area contributed by atoms with Crippen molar-refractivity contribution in [2.45, 2.75) is 25.8 Å². The largest absolute Gasteiger partial charge is 0.399 e. The highest BCUT2D eigenvalue weighted by molar-refractivity contribution is 6.30. The number of nitrogens with two attached hydrogens (primary N) is 1. The third-order valence-electron chi connectivity index (χ3n) is 2.47. The Hall–Kier alpha value is -0.730. The summed E-state index contributed by atoms with van der Waals surface area (Å²) in [6.45, 7) is 2.15. The molecule has 1 aromatic carbocycles. The first kappa shape index (κ1) is 11.3. The van der Waals surface area contributed by atoms with E-state index in [4.69, 9.17) is 17.3 Å². The Bertz CT molecular complexity index is 295. The zero-order valence-corrected chi connectivity index (χ0v) is 9.43. The van der Waals surface area contributed by atoms with Crippen LogP contribution in [-0.4, -0.2) is 13.1 Å². The zero-order valence-electron chi connectivity index (χ0n) is 8.68. The summed E-state index contributed by atoms with van der Waals surface area (Å²) < 4.78 is 0. The SMILES string of the molecule is CCC(Cc1cc(Cl)ccc1N)NC. The van der Waals surface area contributed by atoms with Gasteiger partial charge in [-0.25, -0.2) is 0 Å². The van der Waals surface area contributed by atoms with Crippen LogP contribution in [0.2, 0.25) is 5.02 Å². The van der Waals surface area contributed by atoms with Crippen molar-refractivity contribution in [3.63, 3.8) is 0 Å². The van der Waals surface area contributed by atoms with Gasteiger partial charge in [0.25, 0.3) is 0 Å². The van der Waals surface area contributed by atoms with Crippen molar-refractivity contribution in [1.82, 2.24) is 5.32 Å². The number of rotatable bonds is 4. The van der Waals surface area contributed by atoms with Gasteiger partial charge in [0.15, 0.2) is 0 Å². The molecule has 0 aliphatic rings. The van der Waals surface area contributed by atoms with Gasteiger partial charge in [0, 0.05) is 16.8 Å². The molecular formula is C11H17ClN2. The Morgan fingerprint density at radius 3 is 2.79 bits per heavy atom. The van der Waals surface area contributed by atoms with Crippen LogP contribution in [-0.2, 0) is 6.42 Å². The minimum absolute atomic E-state index is 0.468. The van der Waals surface area contributed by atoms with Crippen LogP contribution in [0.4, 0.5) is 5.69 Å². The molecular weight excluding hydrogens is 196 g/mol. The lowest BCUT2D eigenvalue weighted by atomic mass is 10.0. The highest BCUT2D eigenvalue weighted by Crippen LogP contribution is 2.19. The van der Waals surface area contributed by atoms with E-state index in [2.05, 4.69) is 12.2 Å². The molecule has 0 aliphatic carbocycles. The monoisotopic (exact) mass is 212 g/mol. The minimum Gasteiger partial charge on any atom is -0.399 e. The summed E-state index contributed by atoms with van der Waals surface area (Å²) in [5.41, 5.74) is 7.81. The van der Waals surface area contributed by atoms with Crippen molar-refractivity contribution in [2.24, 2.45) is 0 Å². The third-order valence-corrected chi connectivity index (χ3v) is 2.71. The van der Waals surface area contributed by atoms with Crippen molar-refractivity contribution < 1.29 is 0 Å². The van der Waals surface area contributed by atoms with E-state index in [0.717, 1.165) is 29.1 Å². The molecule has 0 amide bonds. The number of anilines is 1. The van der Waals surface area contributed by atoms with Crippen molar-refractivity contribution in [1.29, 1.82) is 0 Å². The molecule has 0 saturated heterocycles. The molecule has 2 nitrogen and oxygen atoms in total. The maximum Gasteiger partial charge on any atom is 0.0410 e. The Morgan fingerprint density at radius 1 is 1.50 bits per heavy atom. The number of nitrogens with one attached hydrogen (secondary N) is 1. The van der Waals surface area contributed by atoms with Crippen LogP contribution in [0, 0.1) is 0 Å². The van der Waals surface area contributed by atoms with E-state index in [9.17, 15) is 0 Å². The average molecular weight is 213 g/mol. The summed E-state index contributed by atoms with van der Waals surface area (Å²) in [4.78, 5) is 0. The second-order valence-corrected chi connectivity index (χ2v) is 3.88. The van der Waals surface area contributed by atoms with E-state index < -0.39 is 0 Å². The number of benzene rings is 1. The second kappa shape index (κ2) is 5.23. The van der Waals surface area contributed by atoms with Crippen LogP contribution in [0.15, 0.2) is 18.2 Å². The number of nitrogen functional groups attached to an aromatic ring is 1. The van der Waals surface area contributed by atoms with Gasteiger partial charge >= 0.3 is 0 Å². The minimum atomic E-state index is 0.468. The molecule has 3 heteroatoms. The predicted molar refractivity (Wildman–Crippen MR) is 62.7 cm³/mol. The van der Waals surface area contributed by atoms with Gasteiger partial charge in [-0.1, -0.05) is 18.5 Å². The van der Waals surface area contributed by atoms with Crippen LogP contribution >= 0.6 is 11.6 Å². The fourth-order valence-corrected chi connectivity index (χ4v) is 1.66. The fourth-order valence-electron chi connectivity index (χ4n) is 1.47. The van der Waals surface area contributed by atoms with E-state index in [1.165, 1.54) is 0 Å². The van der Waals surface area contributed by atoms with Crippen LogP contribution in [0.5, 0.6) is 0 Å². The molecule has 0 fully saturated rings.